The van der Waals surface area contributed by atoms with E-state index in [9.17, 15) is 14.7 Å². The molecular formula is C16H22N2O3. The quantitative estimate of drug-likeness (QED) is 0.874. The summed E-state index contributed by atoms with van der Waals surface area (Å²) in [4.78, 5) is 25.4. The highest BCUT2D eigenvalue weighted by Crippen LogP contribution is 2.30. The highest BCUT2D eigenvalue weighted by molar-refractivity contribution is 6.01. The Kier molecular flexibility index (Phi) is 4.50. The van der Waals surface area contributed by atoms with Gasteiger partial charge < -0.3 is 15.3 Å². The summed E-state index contributed by atoms with van der Waals surface area (Å²) in [5.74, 6) is -0.420. The minimum Gasteiger partial charge on any atom is -0.478 e. The molecule has 0 bridgehead atoms. The predicted molar refractivity (Wildman–Crippen MR) is 81.9 cm³/mol. The van der Waals surface area contributed by atoms with E-state index in [0.717, 1.165) is 17.7 Å². The van der Waals surface area contributed by atoms with Crippen molar-refractivity contribution in [3.63, 3.8) is 0 Å². The molecule has 0 aliphatic heterocycles. The smallest absolute Gasteiger partial charge is 0.337 e. The first-order valence-corrected chi connectivity index (χ1v) is 7.32. The zero-order valence-electron chi connectivity index (χ0n) is 12.8. The maximum absolute atomic E-state index is 12.3. The second-order valence-electron chi connectivity index (χ2n) is 5.72. The summed E-state index contributed by atoms with van der Waals surface area (Å²) >= 11 is 0. The van der Waals surface area contributed by atoms with E-state index in [4.69, 9.17) is 0 Å². The van der Waals surface area contributed by atoms with Gasteiger partial charge in [-0.2, -0.15) is 0 Å². The summed E-state index contributed by atoms with van der Waals surface area (Å²) in [6.45, 7) is 6.95. The van der Waals surface area contributed by atoms with Gasteiger partial charge in [0.25, 0.3) is 0 Å². The van der Waals surface area contributed by atoms with Crippen LogP contribution in [-0.4, -0.2) is 35.1 Å². The molecule has 0 heterocycles. The lowest BCUT2D eigenvalue weighted by atomic mass is 10.0. The van der Waals surface area contributed by atoms with Crippen LogP contribution in [0.1, 0.15) is 41.3 Å². The van der Waals surface area contributed by atoms with E-state index in [2.05, 4.69) is 5.32 Å². The average Bonchev–Trinajstić information content (AvgIpc) is 3.22. The van der Waals surface area contributed by atoms with Crippen molar-refractivity contribution in [2.24, 2.45) is 5.92 Å². The van der Waals surface area contributed by atoms with E-state index in [1.54, 1.807) is 11.0 Å². The normalized spacial score (nSPS) is 13.9. The molecule has 2 N–H and O–H groups in total. The van der Waals surface area contributed by atoms with Crippen LogP contribution in [0.25, 0.3) is 0 Å². The van der Waals surface area contributed by atoms with Crippen LogP contribution in [0.3, 0.4) is 0 Å². The Bertz CT molecular complexity index is 565. The van der Waals surface area contributed by atoms with Crippen molar-refractivity contribution >= 4 is 17.7 Å². The number of aryl methyl sites for hydroxylation is 2. The zero-order chi connectivity index (χ0) is 15.6. The number of rotatable bonds is 5. The fourth-order valence-corrected chi connectivity index (χ4v) is 2.46. The Morgan fingerprint density at radius 2 is 2.00 bits per heavy atom. The number of benzene rings is 1. The molecule has 2 amide bonds. The fourth-order valence-electron chi connectivity index (χ4n) is 2.46. The molecule has 5 nitrogen and oxygen atoms in total. The highest BCUT2D eigenvalue weighted by Gasteiger charge is 2.26. The third-order valence-corrected chi connectivity index (χ3v) is 3.79. The van der Waals surface area contributed by atoms with Crippen LogP contribution in [0.15, 0.2) is 12.1 Å². The second-order valence-corrected chi connectivity index (χ2v) is 5.72. The van der Waals surface area contributed by atoms with E-state index >= 15 is 0 Å². The number of carboxylic acids is 1. The van der Waals surface area contributed by atoms with Gasteiger partial charge in [-0.05, 0) is 56.7 Å². The first-order chi connectivity index (χ1) is 9.92. The number of nitrogens with zero attached hydrogens (tertiary/aromatic N) is 1. The average molecular weight is 290 g/mol. The number of aromatic carboxylic acids is 1. The van der Waals surface area contributed by atoms with E-state index in [0.29, 0.717) is 18.2 Å². The maximum Gasteiger partial charge on any atom is 0.337 e. The molecule has 1 fully saturated rings. The van der Waals surface area contributed by atoms with Gasteiger partial charge in [-0.1, -0.05) is 6.07 Å². The molecular weight excluding hydrogens is 268 g/mol. The molecule has 2 rings (SSSR count). The predicted octanol–water partition coefficient (Wildman–Crippen LogP) is 3.27. The van der Waals surface area contributed by atoms with Gasteiger partial charge in [-0.3, -0.25) is 0 Å². The molecule has 21 heavy (non-hydrogen) atoms. The molecule has 0 atom stereocenters. The summed E-state index contributed by atoms with van der Waals surface area (Å²) in [7, 11) is 0. The topological polar surface area (TPSA) is 69.6 Å². The number of hydrogen-bond acceptors (Lipinski definition) is 2. The van der Waals surface area contributed by atoms with Crippen molar-refractivity contribution in [3.8, 4) is 0 Å². The number of anilines is 1. The van der Waals surface area contributed by atoms with Crippen molar-refractivity contribution in [2.75, 3.05) is 18.4 Å². The zero-order valence-corrected chi connectivity index (χ0v) is 12.8. The number of amides is 2. The van der Waals surface area contributed by atoms with Crippen molar-refractivity contribution in [1.82, 2.24) is 4.90 Å². The summed E-state index contributed by atoms with van der Waals surface area (Å²) in [5.41, 5.74) is 2.17. The van der Waals surface area contributed by atoms with Gasteiger partial charge in [0.05, 0.1) is 11.3 Å². The second kappa shape index (κ2) is 6.16. The molecule has 0 spiro atoms. The molecule has 1 aliphatic rings. The molecule has 0 radical (unpaired) electrons. The van der Waals surface area contributed by atoms with Gasteiger partial charge in [0.15, 0.2) is 0 Å². The number of carboxylic acid groups (broad SMARTS) is 1. The van der Waals surface area contributed by atoms with Crippen LogP contribution in [0.5, 0.6) is 0 Å². The van der Waals surface area contributed by atoms with Crippen LogP contribution in [0, 0.1) is 19.8 Å². The Morgan fingerprint density at radius 3 is 2.52 bits per heavy atom. The number of carbonyl (C=O) groups is 2. The largest absolute Gasteiger partial charge is 0.478 e. The third kappa shape index (κ3) is 3.74. The summed E-state index contributed by atoms with van der Waals surface area (Å²) in [6.07, 6.45) is 2.35. The number of hydrogen-bond donors (Lipinski definition) is 2. The van der Waals surface area contributed by atoms with Crippen LogP contribution >= 0.6 is 0 Å². The first kappa shape index (κ1) is 15.4. The summed E-state index contributed by atoms with van der Waals surface area (Å²) in [5, 5.41) is 12.1. The molecule has 5 heteroatoms. The molecule has 0 saturated heterocycles. The van der Waals surface area contributed by atoms with Crippen LogP contribution < -0.4 is 5.32 Å². The monoisotopic (exact) mass is 290 g/mol. The number of nitrogens with one attached hydrogen (secondary N) is 1. The minimum atomic E-state index is -1.03. The van der Waals surface area contributed by atoms with Crippen LogP contribution in [0.2, 0.25) is 0 Å². The fraction of sp³-hybridized carbons (Fsp3) is 0.500. The number of urea groups is 1. The van der Waals surface area contributed by atoms with Gasteiger partial charge in [0.2, 0.25) is 0 Å². The Hall–Kier alpha value is -2.04. The third-order valence-electron chi connectivity index (χ3n) is 3.79. The lowest BCUT2D eigenvalue weighted by molar-refractivity contribution is 0.0698. The van der Waals surface area contributed by atoms with Crippen molar-refractivity contribution < 1.29 is 14.7 Å². The first-order valence-electron chi connectivity index (χ1n) is 7.32. The molecule has 0 unspecified atom stereocenters. The molecule has 1 saturated carbocycles. The van der Waals surface area contributed by atoms with Gasteiger partial charge in [0, 0.05) is 13.1 Å². The number of carbonyl (C=O) groups excluding carboxylic acids is 1. The Balaban J connectivity index is 2.21. The minimum absolute atomic E-state index is 0.142. The molecule has 1 aliphatic carbocycles. The van der Waals surface area contributed by atoms with Crippen molar-refractivity contribution in [2.45, 2.75) is 33.6 Å². The summed E-state index contributed by atoms with van der Waals surface area (Å²) < 4.78 is 0. The Morgan fingerprint density at radius 1 is 1.33 bits per heavy atom. The lowest BCUT2D eigenvalue weighted by Crippen LogP contribution is -2.36. The van der Waals surface area contributed by atoms with Crippen LogP contribution in [-0.2, 0) is 0 Å². The maximum atomic E-state index is 12.3. The van der Waals surface area contributed by atoms with Crippen molar-refractivity contribution in [3.05, 3.63) is 28.8 Å². The molecule has 1 aromatic carbocycles. The summed E-state index contributed by atoms with van der Waals surface area (Å²) in [6, 6.07) is 3.24. The molecule has 0 aromatic heterocycles. The Labute approximate surface area is 125 Å². The van der Waals surface area contributed by atoms with Gasteiger partial charge in [-0.15, -0.1) is 0 Å². The lowest BCUT2D eigenvalue weighted by Gasteiger charge is -2.22. The van der Waals surface area contributed by atoms with E-state index in [1.165, 1.54) is 12.8 Å². The van der Waals surface area contributed by atoms with Gasteiger partial charge in [-0.25, -0.2) is 9.59 Å². The molecule has 1 aromatic rings. The van der Waals surface area contributed by atoms with Crippen molar-refractivity contribution in [1.29, 1.82) is 0 Å². The van der Waals surface area contributed by atoms with E-state index < -0.39 is 5.97 Å². The van der Waals surface area contributed by atoms with E-state index in [-0.39, 0.29) is 11.6 Å². The van der Waals surface area contributed by atoms with E-state index in [1.807, 2.05) is 26.8 Å². The standard InChI is InChI=1S/C16H22N2O3/c1-4-18(9-12-5-6-12)16(21)17-14-11(3)7-10(2)8-13(14)15(19)20/h7-8,12H,4-6,9H2,1-3H3,(H,17,21)(H,19,20). The highest BCUT2D eigenvalue weighted by atomic mass is 16.4. The molecule has 114 valence electrons. The van der Waals surface area contributed by atoms with Gasteiger partial charge >= 0.3 is 12.0 Å². The SMILES string of the molecule is CCN(CC1CC1)C(=O)Nc1c(C)cc(C)cc1C(=O)O. The van der Waals surface area contributed by atoms with Crippen LogP contribution in [0.4, 0.5) is 10.5 Å². The van der Waals surface area contributed by atoms with Gasteiger partial charge in [0.1, 0.15) is 0 Å².